The molecule has 1 nitrogen and oxygen atoms in total. The lowest BCUT2D eigenvalue weighted by molar-refractivity contribution is 0.583. The van der Waals surface area contributed by atoms with Gasteiger partial charge < -0.3 is 4.98 Å². The molecule has 3 aromatic rings. The summed E-state index contributed by atoms with van der Waals surface area (Å²) in [4.78, 5) is 4.05. The number of hydrogen-bond donors (Lipinski definition) is 1. The van der Waals surface area contributed by atoms with Crippen LogP contribution >= 0.6 is 15.9 Å². The molecule has 2 aromatic carbocycles. The molecule has 2 heteroatoms. The maximum Gasteiger partial charge on any atom is 0.0465 e. The number of nitrogens with one attached hydrogen (secondary N) is 1. The van der Waals surface area contributed by atoms with Gasteiger partial charge in [-0.05, 0) is 54.4 Å². The first-order valence-electron chi connectivity index (χ1n) is 7.97. The Balaban J connectivity index is 1.59. The molecule has 5 rings (SSSR count). The molecule has 1 aromatic heterocycles. The third-order valence-corrected chi connectivity index (χ3v) is 6.80. The zero-order valence-electron chi connectivity index (χ0n) is 11.9. The molecule has 1 N–H and O–H groups in total. The van der Waals surface area contributed by atoms with Crippen molar-refractivity contribution < 1.29 is 0 Å². The molecule has 3 unspecified atom stereocenters. The summed E-state index contributed by atoms with van der Waals surface area (Å²) >= 11 is 4.00. The van der Waals surface area contributed by atoms with E-state index in [1.54, 1.807) is 0 Å². The van der Waals surface area contributed by atoms with E-state index < -0.39 is 0 Å². The van der Waals surface area contributed by atoms with E-state index in [2.05, 4.69) is 63.4 Å². The second kappa shape index (κ2) is 4.36. The van der Waals surface area contributed by atoms with Crippen LogP contribution in [0, 0.1) is 17.8 Å². The molecule has 1 heterocycles. The van der Waals surface area contributed by atoms with E-state index in [4.69, 9.17) is 0 Å². The average molecular weight is 340 g/mol. The number of alkyl halides is 1. The van der Waals surface area contributed by atoms with Gasteiger partial charge in [0.25, 0.3) is 0 Å². The van der Waals surface area contributed by atoms with Crippen LogP contribution < -0.4 is 0 Å². The van der Waals surface area contributed by atoms with Crippen molar-refractivity contribution in [2.24, 2.45) is 17.8 Å². The van der Waals surface area contributed by atoms with Crippen LogP contribution in [0.25, 0.3) is 21.8 Å². The van der Waals surface area contributed by atoms with Crippen LogP contribution in [-0.4, -0.2) is 4.98 Å². The largest absolute Gasteiger partial charge is 0.355 e. The number of hydrogen-bond acceptors (Lipinski definition) is 0. The molecule has 2 fully saturated rings. The lowest BCUT2D eigenvalue weighted by Gasteiger charge is -2.12. The minimum absolute atomic E-state index is 0.533. The normalized spacial score (nSPS) is 28.9. The highest BCUT2D eigenvalue weighted by molar-refractivity contribution is 9.09. The maximum atomic E-state index is 4.00. The highest BCUT2D eigenvalue weighted by atomic mass is 79.9. The molecule has 0 saturated heterocycles. The van der Waals surface area contributed by atoms with Crippen LogP contribution in [0.15, 0.2) is 42.5 Å². The van der Waals surface area contributed by atoms with E-state index >= 15 is 0 Å². The Morgan fingerprint density at radius 2 is 1.71 bits per heavy atom. The predicted octanol–water partition coefficient (Wildman–Crippen LogP) is 5.80. The molecule has 21 heavy (non-hydrogen) atoms. The van der Waals surface area contributed by atoms with Gasteiger partial charge in [-0.15, -0.1) is 0 Å². The summed E-state index contributed by atoms with van der Waals surface area (Å²) < 4.78 is 0. The topological polar surface area (TPSA) is 15.8 Å². The summed E-state index contributed by atoms with van der Waals surface area (Å²) in [5, 5.41) is 2.70. The molecule has 2 aliphatic rings. The second-order valence-corrected chi connectivity index (χ2v) is 7.70. The van der Waals surface area contributed by atoms with E-state index in [-0.39, 0.29) is 0 Å². The molecule has 0 spiro atoms. The zero-order chi connectivity index (χ0) is 14.0. The summed E-state index contributed by atoms with van der Waals surface area (Å²) in [6.45, 7) is 0. The van der Waals surface area contributed by atoms with Crippen molar-refractivity contribution in [1.29, 1.82) is 0 Å². The molecule has 2 aliphatic carbocycles. The SMILES string of the molecule is BrC(c1ccc2[nH]c3ccccc3c2c1)C1C2CCCC21. The average Bonchev–Trinajstić information content (AvgIpc) is 2.88. The number of halogens is 1. The predicted molar refractivity (Wildman–Crippen MR) is 91.8 cm³/mol. The summed E-state index contributed by atoms with van der Waals surface area (Å²) in [5.74, 6) is 2.86. The van der Waals surface area contributed by atoms with E-state index in [0.717, 1.165) is 17.8 Å². The quantitative estimate of drug-likeness (QED) is 0.567. The van der Waals surface area contributed by atoms with Gasteiger partial charge >= 0.3 is 0 Å². The number of fused-ring (bicyclic) bond motifs is 4. The van der Waals surface area contributed by atoms with Crippen molar-refractivity contribution in [2.45, 2.75) is 24.1 Å². The Hall–Kier alpha value is -1.28. The zero-order valence-corrected chi connectivity index (χ0v) is 13.4. The Bertz CT molecular complexity index is 824. The molecule has 106 valence electrons. The highest BCUT2D eigenvalue weighted by Crippen LogP contribution is 2.64. The number of rotatable bonds is 2. The fourth-order valence-electron chi connectivity index (χ4n) is 4.57. The number of aromatic nitrogens is 1. The van der Waals surface area contributed by atoms with Gasteiger partial charge in [0.1, 0.15) is 0 Å². The fourth-order valence-corrected chi connectivity index (χ4v) is 5.64. The molecule has 0 bridgehead atoms. The third-order valence-electron chi connectivity index (χ3n) is 5.66. The highest BCUT2D eigenvalue weighted by Gasteiger charge is 2.55. The Morgan fingerprint density at radius 1 is 0.952 bits per heavy atom. The molecule has 2 saturated carbocycles. The fraction of sp³-hybridized carbons (Fsp3) is 0.368. The monoisotopic (exact) mass is 339 g/mol. The van der Waals surface area contributed by atoms with E-state index in [1.807, 2.05) is 0 Å². The second-order valence-electron chi connectivity index (χ2n) is 6.71. The first-order valence-corrected chi connectivity index (χ1v) is 8.89. The summed E-state index contributed by atoms with van der Waals surface area (Å²) in [7, 11) is 0. The van der Waals surface area contributed by atoms with Crippen molar-refractivity contribution in [2.75, 3.05) is 0 Å². The molecule has 0 aliphatic heterocycles. The summed E-state index contributed by atoms with van der Waals surface area (Å²) in [6.07, 6.45) is 4.35. The van der Waals surface area contributed by atoms with E-state index in [9.17, 15) is 0 Å². The van der Waals surface area contributed by atoms with Crippen LogP contribution in [0.2, 0.25) is 0 Å². The first kappa shape index (κ1) is 12.3. The van der Waals surface area contributed by atoms with Crippen molar-refractivity contribution in [3.8, 4) is 0 Å². The van der Waals surface area contributed by atoms with Crippen molar-refractivity contribution in [3.63, 3.8) is 0 Å². The standard InChI is InChI=1S/C19H18BrN/c20-19(18-13-5-3-6-14(13)18)11-8-9-17-15(10-11)12-4-1-2-7-16(12)21-17/h1-2,4,7-10,13-14,18-19,21H,3,5-6H2. The van der Waals surface area contributed by atoms with Crippen molar-refractivity contribution in [1.82, 2.24) is 4.98 Å². The molecular formula is C19H18BrN. The summed E-state index contributed by atoms with van der Waals surface area (Å²) in [5.41, 5.74) is 3.93. The first-order chi connectivity index (χ1) is 10.3. The molecule has 0 amide bonds. The number of para-hydroxylation sites is 1. The van der Waals surface area contributed by atoms with Gasteiger partial charge in [0.2, 0.25) is 0 Å². The summed E-state index contributed by atoms with van der Waals surface area (Å²) in [6, 6.07) is 15.5. The van der Waals surface area contributed by atoms with Gasteiger partial charge in [0.05, 0.1) is 0 Å². The lowest BCUT2D eigenvalue weighted by Crippen LogP contribution is -1.97. The van der Waals surface area contributed by atoms with Gasteiger partial charge in [-0.25, -0.2) is 0 Å². The van der Waals surface area contributed by atoms with Crippen LogP contribution in [0.4, 0.5) is 0 Å². The lowest BCUT2D eigenvalue weighted by atomic mass is 10.0. The van der Waals surface area contributed by atoms with Crippen LogP contribution in [0.5, 0.6) is 0 Å². The van der Waals surface area contributed by atoms with Crippen molar-refractivity contribution >= 4 is 37.7 Å². The van der Waals surface area contributed by atoms with Gasteiger partial charge in [-0.2, -0.15) is 0 Å². The van der Waals surface area contributed by atoms with E-state index in [0.29, 0.717) is 4.83 Å². The Morgan fingerprint density at radius 3 is 2.57 bits per heavy atom. The third kappa shape index (κ3) is 1.75. The molecule has 0 radical (unpaired) electrons. The Labute approximate surface area is 132 Å². The van der Waals surface area contributed by atoms with Gasteiger partial charge in [-0.1, -0.05) is 46.6 Å². The molecule has 3 atom stereocenters. The van der Waals surface area contributed by atoms with Crippen LogP contribution in [0.3, 0.4) is 0 Å². The molecular weight excluding hydrogens is 322 g/mol. The minimum atomic E-state index is 0.533. The maximum absolute atomic E-state index is 4.00. The van der Waals surface area contributed by atoms with E-state index in [1.165, 1.54) is 46.6 Å². The smallest absolute Gasteiger partial charge is 0.0465 e. The number of benzene rings is 2. The van der Waals surface area contributed by atoms with Crippen LogP contribution in [-0.2, 0) is 0 Å². The number of H-pyrrole nitrogens is 1. The van der Waals surface area contributed by atoms with Gasteiger partial charge in [-0.3, -0.25) is 0 Å². The number of aromatic amines is 1. The Kier molecular flexibility index (Phi) is 2.55. The van der Waals surface area contributed by atoms with Crippen molar-refractivity contribution in [3.05, 3.63) is 48.0 Å². The van der Waals surface area contributed by atoms with Crippen LogP contribution in [0.1, 0.15) is 29.7 Å². The van der Waals surface area contributed by atoms with Gasteiger partial charge in [0, 0.05) is 26.6 Å². The minimum Gasteiger partial charge on any atom is -0.355 e. The van der Waals surface area contributed by atoms with Gasteiger partial charge in [0.15, 0.2) is 0 Å².